The van der Waals surface area contributed by atoms with Crippen LogP contribution in [-0.2, 0) is 16.0 Å². The number of amides is 4. The van der Waals surface area contributed by atoms with E-state index >= 15 is 0 Å². The number of hydrogen-bond donors (Lipinski definition) is 1. The second-order valence-electron chi connectivity index (χ2n) is 8.01. The van der Waals surface area contributed by atoms with E-state index in [1.165, 1.54) is 10.5 Å². The zero-order valence-corrected chi connectivity index (χ0v) is 15.9. The molecule has 2 fully saturated rings. The van der Waals surface area contributed by atoms with Crippen molar-refractivity contribution in [1.82, 2.24) is 10.2 Å². The Morgan fingerprint density at radius 2 is 1.96 bits per heavy atom. The highest BCUT2D eigenvalue weighted by atomic mass is 16.2. The molecule has 0 unspecified atom stereocenters. The van der Waals surface area contributed by atoms with Gasteiger partial charge in [-0.1, -0.05) is 31.0 Å². The lowest BCUT2D eigenvalue weighted by molar-refractivity contribution is -0.131. The number of urea groups is 1. The fraction of sp³-hybridized carbons (Fsp3) is 0.571. The van der Waals surface area contributed by atoms with E-state index in [1.807, 2.05) is 24.0 Å². The molecule has 1 saturated heterocycles. The molecule has 2 heterocycles. The molecule has 1 N–H and O–H groups in total. The topological polar surface area (TPSA) is 69.7 Å². The minimum absolute atomic E-state index is 0.0767. The van der Waals surface area contributed by atoms with Gasteiger partial charge < -0.3 is 10.2 Å². The van der Waals surface area contributed by atoms with Crippen LogP contribution in [0.25, 0.3) is 0 Å². The summed E-state index contributed by atoms with van der Waals surface area (Å²) in [5, 5.41) is 2.89. The van der Waals surface area contributed by atoms with Crippen molar-refractivity contribution in [2.45, 2.75) is 63.8 Å². The van der Waals surface area contributed by atoms with Gasteiger partial charge in [-0.2, -0.15) is 0 Å². The molecule has 27 heavy (non-hydrogen) atoms. The minimum Gasteiger partial charge on any atom is -0.323 e. The average molecular weight is 369 g/mol. The van der Waals surface area contributed by atoms with Crippen molar-refractivity contribution >= 4 is 23.5 Å². The number of imide groups is 1. The van der Waals surface area contributed by atoms with Crippen molar-refractivity contribution < 1.29 is 14.4 Å². The van der Waals surface area contributed by atoms with Gasteiger partial charge in [0.25, 0.3) is 5.91 Å². The zero-order chi connectivity index (χ0) is 19.0. The number of nitrogens with one attached hydrogen (secondary N) is 1. The number of benzene rings is 1. The van der Waals surface area contributed by atoms with Crippen molar-refractivity contribution in [3.05, 3.63) is 29.3 Å². The molecular formula is C21H27N3O3. The highest BCUT2D eigenvalue weighted by Crippen LogP contribution is 2.35. The molecule has 3 aliphatic rings. The number of para-hydroxylation sites is 1. The second-order valence-corrected chi connectivity index (χ2v) is 8.01. The number of hydrogen-bond acceptors (Lipinski definition) is 3. The molecule has 0 atom stereocenters. The Hall–Kier alpha value is -2.37. The first-order chi connectivity index (χ1) is 13.0. The summed E-state index contributed by atoms with van der Waals surface area (Å²) < 4.78 is 0. The molecule has 2 aliphatic heterocycles. The van der Waals surface area contributed by atoms with Crippen molar-refractivity contribution in [1.29, 1.82) is 0 Å². The summed E-state index contributed by atoms with van der Waals surface area (Å²) in [6.45, 7) is 3.09. The number of carbonyl (C=O) groups is 3. The van der Waals surface area contributed by atoms with Gasteiger partial charge in [0.15, 0.2) is 0 Å². The smallest absolute Gasteiger partial charge is 0.323 e. The fourth-order valence-electron chi connectivity index (χ4n) is 4.82. The summed E-state index contributed by atoms with van der Waals surface area (Å²) >= 11 is 0. The largest absolute Gasteiger partial charge is 0.325 e. The van der Waals surface area contributed by atoms with E-state index in [2.05, 4.69) is 11.4 Å². The Kier molecular flexibility index (Phi) is 4.66. The molecule has 0 radical (unpaired) electrons. The van der Waals surface area contributed by atoms with E-state index in [0.29, 0.717) is 19.4 Å². The van der Waals surface area contributed by atoms with Crippen LogP contribution in [0.4, 0.5) is 10.5 Å². The number of rotatable bonds is 4. The molecule has 6 nitrogen and oxygen atoms in total. The Balaban J connectivity index is 1.37. The van der Waals surface area contributed by atoms with Crippen LogP contribution >= 0.6 is 0 Å². The molecule has 0 aromatic heterocycles. The third kappa shape index (κ3) is 3.11. The van der Waals surface area contributed by atoms with Crippen LogP contribution in [0.1, 0.15) is 56.1 Å². The van der Waals surface area contributed by atoms with Gasteiger partial charge in [-0.05, 0) is 50.2 Å². The highest BCUT2D eigenvalue weighted by molar-refractivity contribution is 6.07. The lowest BCUT2D eigenvalue weighted by Gasteiger charge is -2.31. The molecule has 1 aromatic carbocycles. The first kappa shape index (κ1) is 18.0. The molecule has 1 saturated carbocycles. The van der Waals surface area contributed by atoms with Crippen LogP contribution < -0.4 is 10.2 Å². The summed E-state index contributed by atoms with van der Waals surface area (Å²) in [4.78, 5) is 40.9. The molecule has 0 bridgehead atoms. The SMILES string of the molecule is Cc1cccc2c1N(C(=O)CCCN1C(=O)NC3(CCCC3)C1=O)CCC2. The van der Waals surface area contributed by atoms with E-state index in [9.17, 15) is 14.4 Å². The van der Waals surface area contributed by atoms with Crippen LogP contribution in [0, 0.1) is 6.92 Å². The first-order valence-electron chi connectivity index (χ1n) is 10.0. The van der Waals surface area contributed by atoms with E-state index in [4.69, 9.17) is 0 Å². The van der Waals surface area contributed by atoms with Crippen LogP contribution in [0.2, 0.25) is 0 Å². The number of fused-ring (bicyclic) bond motifs is 1. The Morgan fingerprint density at radius 3 is 2.74 bits per heavy atom. The van der Waals surface area contributed by atoms with Crippen molar-refractivity contribution in [2.24, 2.45) is 0 Å². The number of aryl methyl sites for hydroxylation is 2. The standard InChI is InChI=1S/C21H27N3O3/c1-15-7-4-8-16-9-5-13-23(18(15)16)17(25)10-6-14-24-19(26)21(22-20(24)27)11-2-3-12-21/h4,7-8H,2-3,5-6,9-14H2,1H3,(H,22,27). The van der Waals surface area contributed by atoms with Gasteiger partial charge in [-0.25, -0.2) is 4.79 Å². The normalized spacial score (nSPS) is 20.9. The Morgan fingerprint density at radius 1 is 1.19 bits per heavy atom. The fourth-order valence-corrected chi connectivity index (χ4v) is 4.82. The van der Waals surface area contributed by atoms with Crippen molar-refractivity contribution in [3.8, 4) is 0 Å². The van der Waals surface area contributed by atoms with Crippen molar-refractivity contribution in [2.75, 3.05) is 18.0 Å². The maximum atomic E-state index is 12.8. The van der Waals surface area contributed by atoms with Gasteiger partial charge in [0.05, 0.1) is 0 Å². The van der Waals surface area contributed by atoms with Crippen LogP contribution in [0.3, 0.4) is 0 Å². The molecule has 1 aromatic rings. The summed E-state index contributed by atoms with van der Waals surface area (Å²) in [5.74, 6) is -0.0236. The van der Waals surface area contributed by atoms with E-state index in [0.717, 1.165) is 56.3 Å². The number of carbonyl (C=O) groups excluding carboxylic acids is 3. The quantitative estimate of drug-likeness (QED) is 0.830. The molecule has 4 rings (SSSR count). The molecule has 1 spiro atoms. The Labute approximate surface area is 159 Å². The molecule has 6 heteroatoms. The highest BCUT2D eigenvalue weighted by Gasteiger charge is 2.52. The van der Waals surface area contributed by atoms with E-state index in [1.54, 1.807) is 0 Å². The monoisotopic (exact) mass is 369 g/mol. The lowest BCUT2D eigenvalue weighted by atomic mass is 9.97. The zero-order valence-electron chi connectivity index (χ0n) is 15.9. The van der Waals surface area contributed by atoms with E-state index < -0.39 is 5.54 Å². The van der Waals surface area contributed by atoms with E-state index in [-0.39, 0.29) is 17.8 Å². The molecule has 144 valence electrons. The van der Waals surface area contributed by atoms with Gasteiger partial charge in [0, 0.05) is 25.2 Å². The summed E-state index contributed by atoms with van der Waals surface area (Å²) in [6.07, 6.45) is 6.25. The summed E-state index contributed by atoms with van der Waals surface area (Å²) in [5.41, 5.74) is 2.74. The summed E-state index contributed by atoms with van der Waals surface area (Å²) in [6, 6.07) is 5.88. The lowest BCUT2D eigenvalue weighted by Crippen LogP contribution is -2.44. The molecular weight excluding hydrogens is 342 g/mol. The van der Waals surface area contributed by atoms with Gasteiger partial charge in [0.1, 0.15) is 5.54 Å². The first-order valence-corrected chi connectivity index (χ1v) is 10.0. The average Bonchev–Trinajstić information content (AvgIpc) is 3.22. The predicted molar refractivity (Wildman–Crippen MR) is 103 cm³/mol. The van der Waals surface area contributed by atoms with Gasteiger partial charge in [-0.15, -0.1) is 0 Å². The van der Waals surface area contributed by atoms with Crippen molar-refractivity contribution in [3.63, 3.8) is 0 Å². The van der Waals surface area contributed by atoms with Gasteiger partial charge in [-0.3, -0.25) is 14.5 Å². The van der Waals surface area contributed by atoms with Crippen LogP contribution in [0.5, 0.6) is 0 Å². The third-order valence-electron chi connectivity index (χ3n) is 6.20. The third-order valence-corrected chi connectivity index (χ3v) is 6.20. The predicted octanol–water partition coefficient (Wildman–Crippen LogP) is 2.92. The molecule has 4 amide bonds. The van der Waals surface area contributed by atoms with Crippen LogP contribution in [0.15, 0.2) is 18.2 Å². The minimum atomic E-state index is -0.663. The Bertz CT molecular complexity index is 783. The number of nitrogens with zero attached hydrogens (tertiary/aromatic N) is 2. The van der Waals surface area contributed by atoms with Gasteiger partial charge >= 0.3 is 6.03 Å². The summed E-state index contributed by atoms with van der Waals surface area (Å²) in [7, 11) is 0. The molecule has 1 aliphatic carbocycles. The maximum Gasteiger partial charge on any atom is 0.325 e. The van der Waals surface area contributed by atoms with Crippen LogP contribution in [-0.4, -0.2) is 41.4 Å². The number of anilines is 1. The maximum absolute atomic E-state index is 12.8. The van der Waals surface area contributed by atoms with Gasteiger partial charge in [0.2, 0.25) is 5.91 Å². The second kappa shape index (κ2) is 6.98.